The largest absolute Gasteiger partial charge is 0.349 e. The van der Waals surface area contributed by atoms with Gasteiger partial charge in [-0.1, -0.05) is 29.8 Å². The molecule has 1 aliphatic heterocycles. The Morgan fingerprint density at radius 3 is 2.87 bits per heavy atom. The number of sulfonamides is 1. The fraction of sp³-hybridized carbons (Fsp3) is 0.250. The van der Waals surface area contributed by atoms with Crippen LogP contribution >= 0.6 is 11.6 Å². The number of amides is 2. The number of halogens is 1. The number of para-hydroxylation sites is 1. The maximum absolute atomic E-state index is 13.1. The highest BCUT2D eigenvalue weighted by Crippen LogP contribution is 2.28. The molecule has 3 N–H and O–H groups in total. The molecule has 0 aliphatic carbocycles. The number of carbonyl (C=O) groups excluding carboxylic acids is 2. The number of aromatic amines is 1. The number of rotatable bonds is 6. The molecular weight excluding hydrogens is 442 g/mol. The van der Waals surface area contributed by atoms with Gasteiger partial charge in [-0.05, 0) is 23.8 Å². The molecule has 162 valence electrons. The number of nitrogens with one attached hydrogen (secondary N) is 3. The number of anilines is 1. The lowest BCUT2D eigenvalue weighted by molar-refractivity contribution is -0.120. The summed E-state index contributed by atoms with van der Waals surface area (Å²) in [5, 5.41) is 3.84. The molecule has 11 heteroatoms. The minimum Gasteiger partial charge on any atom is -0.349 e. The SMILES string of the molecule is CS(=O)(=O)NCCN1C(=O)C(NC(=O)c2cc3cc(Cl)ncc3[nH]2)Cc2ccccc21. The molecule has 1 unspecified atom stereocenters. The van der Waals surface area contributed by atoms with Crippen molar-refractivity contribution in [2.75, 3.05) is 24.2 Å². The number of nitrogens with zero attached hydrogens (tertiary/aromatic N) is 2. The Bertz CT molecular complexity index is 1270. The Hall–Kier alpha value is -2.95. The smallest absolute Gasteiger partial charge is 0.268 e. The van der Waals surface area contributed by atoms with Crippen molar-refractivity contribution in [3.63, 3.8) is 0 Å². The van der Waals surface area contributed by atoms with E-state index in [2.05, 4.69) is 20.0 Å². The van der Waals surface area contributed by atoms with Gasteiger partial charge in [-0.25, -0.2) is 18.1 Å². The first kappa shape index (κ1) is 21.3. The first-order valence-corrected chi connectivity index (χ1v) is 11.8. The van der Waals surface area contributed by atoms with Gasteiger partial charge in [0, 0.05) is 30.6 Å². The Labute approximate surface area is 183 Å². The van der Waals surface area contributed by atoms with Gasteiger partial charge < -0.3 is 15.2 Å². The van der Waals surface area contributed by atoms with Crippen LogP contribution in [0, 0.1) is 0 Å². The van der Waals surface area contributed by atoms with Crippen LogP contribution in [0.25, 0.3) is 10.9 Å². The van der Waals surface area contributed by atoms with Crippen molar-refractivity contribution in [1.29, 1.82) is 0 Å². The summed E-state index contributed by atoms with van der Waals surface area (Å²) in [5.74, 6) is -0.734. The van der Waals surface area contributed by atoms with E-state index in [4.69, 9.17) is 11.6 Å². The molecular formula is C20H20ClN5O4S. The molecule has 3 heterocycles. The summed E-state index contributed by atoms with van der Waals surface area (Å²) >= 11 is 5.90. The molecule has 2 amide bonds. The first-order valence-electron chi connectivity index (χ1n) is 9.50. The van der Waals surface area contributed by atoms with Crippen LogP contribution in [0.15, 0.2) is 42.6 Å². The number of fused-ring (bicyclic) bond motifs is 2. The predicted molar refractivity (Wildman–Crippen MR) is 118 cm³/mol. The van der Waals surface area contributed by atoms with Crippen LogP contribution in [0.2, 0.25) is 5.15 Å². The summed E-state index contributed by atoms with van der Waals surface area (Å²) in [6, 6.07) is 9.86. The van der Waals surface area contributed by atoms with E-state index in [0.29, 0.717) is 22.8 Å². The average Bonchev–Trinajstić information content (AvgIpc) is 3.13. The molecule has 0 spiro atoms. The van der Waals surface area contributed by atoms with Crippen LogP contribution in [0.1, 0.15) is 16.1 Å². The molecule has 0 saturated heterocycles. The van der Waals surface area contributed by atoms with Crippen molar-refractivity contribution in [1.82, 2.24) is 20.0 Å². The molecule has 9 nitrogen and oxygen atoms in total. The maximum Gasteiger partial charge on any atom is 0.268 e. The van der Waals surface area contributed by atoms with E-state index in [0.717, 1.165) is 17.2 Å². The molecule has 0 saturated carbocycles. The van der Waals surface area contributed by atoms with E-state index in [1.807, 2.05) is 18.2 Å². The van der Waals surface area contributed by atoms with Gasteiger partial charge >= 0.3 is 0 Å². The van der Waals surface area contributed by atoms with Crippen molar-refractivity contribution in [2.45, 2.75) is 12.5 Å². The zero-order valence-corrected chi connectivity index (χ0v) is 18.1. The van der Waals surface area contributed by atoms with Crippen molar-refractivity contribution < 1.29 is 18.0 Å². The molecule has 0 fully saturated rings. The highest BCUT2D eigenvalue weighted by atomic mass is 35.5. The quantitative estimate of drug-likeness (QED) is 0.479. The third kappa shape index (κ3) is 4.71. The Morgan fingerprint density at radius 2 is 2.10 bits per heavy atom. The van der Waals surface area contributed by atoms with Gasteiger partial charge in [0.05, 0.1) is 18.0 Å². The summed E-state index contributed by atoms with van der Waals surface area (Å²) in [7, 11) is -3.38. The lowest BCUT2D eigenvalue weighted by Crippen LogP contribution is -2.54. The lowest BCUT2D eigenvalue weighted by Gasteiger charge is -2.34. The highest BCUT2D eigenvalue weighted by molar-refractivity contribution is 7.88. The summed E-state index contributed by atoms with van der Waals surface area (Å²) in [6.45, 7) is 0.210. The summed E-state index contributed by atoms with van der Waals surface area (Å²) in [4.78, 5) is 34.4. The molecule has 1 aromatic carbocycles. The van der Waals surface area contributed by atoms with Gasteiger partial charge in [-0.2, -0.15) is 0 Å². The van der Waals surface area contributed by atoms with Crippen LogP contribution in [0.4, 0.5) is 5.69 Å². The Morgan fingerprint density at radius 1 is 1.32 bits per heavy atom. The number of H-pyrrole nitrogens is 1. The topological polar surface area (TPSA) is 124 Å². The predicted octanol–water partition coefficient (Wildman–Crippen LogP) is 1.45. The number of pyridine rings is 1. The number of benzene rings is 1. The van der Waals surface area contributed by atoms with E-state index >= 15 is 0 Å². The standard InChI is InChI=1S/C20H20ClN5O4S/c1-31(29,30)23-6-7-26-17-5-3-2-4-12(17)8-15(20(26)28)25-19(27)14-9-13-10-18(21)22-11-16(13)24-14/h2-5,9-11,15,23-24H,6-8H2,1H3,(H,25,27). The van der Waals surface area contributed by atoms with Gasteiger partial charge in [-0.15, -0.1) is 0 Å². The van der Waals surface area contributed by atoms with Crippen LogP contribution < -0.4 is 14.9 Å². The van der Waals surface area contributed by atoms with E-state index in [1.165, 1.54) is 11.1 Å². The van der Waals surface area contributed by atoms with Crippen LogP contribution in [0.3, 0.4) is 0 Å². The second kappa shape index (κ2) is 8.29. The summed E-state index contributed by atoms with van der Waals surface area (Å²) < 4.78 is 25.1. The van der Waals surface area contributed by atoms with E-state index < -0.39 is 22.0 Å². The third-order valence-corrected chi connectivity index (χ3v) is 5.93. The number of hydrogen-bond donors (Lipinski definition) is 3. The second-order valence-electron chi connectivity index (χ2n) is 7.29. The average molecular weight is 462 g/mol. The second-order valence-corrected chi connectivity index (χ2v) is 9.51. The molecule has 3 aromatic rings. The fourth-order valence-corrected chi connectivity index (χ4v) is 4.24. The van der Waals surface area contributed by atoms with Crippen LogP contribution in [-0.4, -0.2) is 55.6 Å². The molecule has 0 radical (unpaired) electrons. The Kier molecular flexibility index (Phi) is 5.69. The van der Waals surface area contributed by atoms with Gasteiger partial charge in [-0.3, -0.25) is 9.59 Å². The van der Waals surface area contributed by atoms with Crippen molar-refractivity contribution in [2.24, 2.45) is 0 Å². The van der Waals surface area contributed by atoms with Gasteiger partial charge in [0.1, 0.15) is 16.9 Å². The zero-order chi connectivity index (χ0) is 22.2. The van der Waals surface area contributed by atoms with Crippen LogP contribution in [-0.2, 0) is 21.2 Å². The lowest BCUT2D eigenvalue weighted by atomic mass is 9.97. The first-order chi connectivity index (χ1) is 14.7. The van der Waals surface area contributed by atoms with E-state index in [-0.39, 0.29) is 24.7 Å². The molecule has 0 bridgehead atoms. The van der Waals surface area contributed by atoms with E-state index in [9.17, 15) is 18.0 Å². The maximum atomic E-state index is 13.1. The number of carbonyl (C=O) groups is 2. The summed E-state index contributed by atoms with van der Waals surface area (Å²) in [6.07, 6.45) is 2.93. The normalized spacial score (nSPS) is 16.4. The molecule has 4 rings (SSSR count). The van der Waals surface area contributed by atoms with Crippen molar-refractivity contribution in [3.8, 4) is 0 Å². The van der Waals surface area contributed by atoms with Gasteiger partial charge in [0.2, 0.25) is 15.9 Å². The zero-order valence-electron chi connectivity index (χ0n) is 16.6. The molecule has 1 aliphatic rings. The third-order valence-electron chi connectivity index (χ3n) is 4.99. The molecule has 31 heavy (non-hydrogen) atoms. The van der Waals surface area contributed by atoms with E-state index in [1.54, 1.807) is 18.2 Å². The Balaban J connectivity index is 1.54. The van der Waals surface area contributed by atoms with Gasteiger partial charge in [0.15, 0.2) is 0 Å². The molecule has 1 atom stereocenters. The van der Waals surface area contributed by atoms with Gasteiger partial charge in [0.25, 0.3) is 5.91 Å². The monoisotopic (exact) mass is 461 g/mol. The summed E-state index contributed by atoms with van der Waals surface area (Å²) in [5.41, 5.74) is 2.54. The minimum atomic E-state index is -3.38. The van der Waals surface area contributed by atoms with Crippen LogP contribution in [0.5, 0.6) is 0 Å². The minimum absolute atomic E-state index is 0.0648. The number of hydrogen-bond acceptors (Lipinski definition) is 5. The molecule has 2 aromatic heterocycles. The van der Waals surface area contributed by atoms with Crippen molar-refractivity contribution in [3.05, 3.63) is 59.0 Å². The fourth-order valence-electron chi connectivity index (χ4n) is 3.61. The number of aromatic nitrogens is 2. The highest BCUT2D eigenvalue weighted by Gasteiger charge is 2.33. The van der Waals surface area contributed by atoms with Crippen molar-refractivity contribution >= 4 is 50.0 Å².